The van der Waals surface area contributed by atoms with E-state index in [0.717, 1.165) is 29.7 Å². The number of allylic oxidation sites excluding steroid dienone is 2. The molecule has 0 radical (unpaired) electrons. The first-order valence-electron chi connectivity index (χ1n) is 16.2. The van der Waals surface area contributed by atoms with Crippen LogP contribution in [0, 0.1) is 11.8 Å². The summed E-state index contributed by atoms with van der Waals surface area (Å²) in [5, 5.41) is 15.9. The van der Waals surface area contributed by atoms with Crippen LogP contribution in [0.3, 0.4) is 0 Å². The topological polar surface area (TPSA) is 105 Å². The SMILES string of the molecule is O=C(C[C@H]1CC=CCCC[C@H](Cc2ccccc2)C(=O)OC[C@H](CSCc2ccccc2)NC1=O)N[C@@H](CO)Cc1ccccc1. The number of ether oxygens (including phenoxy) is 1. The minimum Gasteiger partial charge on any atom is -0.463 e. The molecule has 0 fully saturated rings. The Kier molecular flexibility index (Phi) is 14.9. The molecule has 2 amide bonds. The van der Waals surface area contributed by atoms with Crippen molar-refractivity contribution >= 4 is 29.5 Å². The van der Waals surface area contributed by atoms with Crippen LogP contribution in [-0.4, -0.2) is 53.9 Å². The normalized spacial score (nSPS) is 20.2. The molecule has 1 aliphatic heterocycles. The first kappa shape index (κ1) is 35.0. The molecular formula is C38H46N2O5S. The van der Waals surface area contributed by atoms with E-state index < -0.39 is 18.0 Å². The van der Waals surface area contributed by atoms with Crippen molar-refractivity contribution in [3.05, 3.63) is 120 Å². The number of aliphatic hydroxyl groups excluding tert-OH is 1. The molecule has 1 aliphatic rings. The predicted octanol–water partition coefficient (Wildman–Crippen LogP) is 5.66. The van der Waals surface area contributed by atoms with Crippen LogP contribution >= 0.6 is 11.8 Å². The van der Waals surface area contributed by atoms with Crippen LogP contribution in [0.1, 0.15) is 48.8 Å². The van der Waals surface area contributed by atoms with Crippen molar-refractivity contribution < 1.29 is 24.2 Å². The Morgan fingerprint density at radius 3 is 2.22 bits per heavy atom. The van der Waals surface area contributed by atoms with Gasteiger partial charge in [-0.25, -0.2) is 0 Å². The molecule has 7 nitrogen and oxygen atoms in total. The summed E-state index contributed by atoms with van der Waals surface area (Å²) in [6.45, 7) is -0.134. The Balaban J connectivity index is 1.44. The van der Waals surface area contributed by atoms with E-state index in [1.165, 1.54) is 5.56 Å². The average Bonchev–Trinajstić information content (AvgIpc) is 3.08. The Morgan fingerprint density at radius 1 is 0.891 bits per heavy atom. The van der Waals surface area contributed by atoms with Gasteiger partial charge in [0.2, 0.25) is 11.8 Å². The molecule has 1 heterocycles. The van der Waals surface area contributed by atoms with Gasteiger partial charge in [-0.05, 0) is 55.2 Å². The fourth-order valence-electron chi connectivity index (χ4n) is 5.56. The molecule has 0 aliphatic carbocycles. The van der Waals surface area contributed by atoms with E-state index >= 15 is 0 Å². The molecule has 0 saturated carbocycles. The summed E-state index contributed by atoms with van der Waals surface area (Å²) in [7, 11) is 0. The number of nitrogens with one attached hydrogen (secondary N) is 2. The maximum absolute atomic E-state index is 13.7. The van der Waals surface area contributed by atoms with Gasteiger partial charge >= 0.3 is 5.97 Å². The molecule has 3 N–H and O–H groups in total. The zero-order valence-corrected chi connectivity index (χ0v) is 27.2. The fourth-order valence-corrected chi connectivity index (χ4v) is 6.57. The molecule has 0 aromatic heterocycles. The highest BCUT2D eigenvalue weighted by molar-refractivity contribution is 7.98. The van der Waals surface area contributed by atoms with Crippen LogP contribution in [0.4, 0.5) is 0 Å². The summed E-state index contributed by atoms with van der Waals surface area (Å²) in [5.74, 6) is -0.331. The van der Waals surface area contributed by atoms with E-state index in [4.69, 9.17) is 4.74 Å². The smallest absolute Gasteiger partial charge is 0.309 e. The van der Waals surface area contributed by atoms with E-state index in [2.05, 4.69) is 22.8 Å². The van der Waals surface area contributed by atoms with Crippen LogP contribution in [0.2, 0.25) is 0 Å². The lowest BCUT2D eigenvalue weighted by molar-refractivity contribution is -0.150. The number of rotatable bonds is 12. The van der Waals surface area contributed by atoms with Crippen LogP contribution in [-0.2, 0) is 37.7 Å². The number of amides is 2. The lowest BCUT2D eigenvalue weighted by atomic mass is 9.93. The Bertz CT molecular complexity index is 1370. The summed E-state index contributed by atoms with van der Waals surface area (Å²) in [6, 6.07) is 28.9. The number of thioether (sulfide) groups is 1. The lowest BCUT2D eigenvalue weighted by Crippen LogP contribution is -2.46. The highest BCUT2D eigenvalue weighted by Crippen LogP contribution is 2.20. The van der Waals surface area contributed by atoms with E-state index in [9.17, 15) is 19.5 Å². The van der Waals surface area contributed by atoms with E-state index in [0.29, 0.717) is 31.4 Å². The Hall–Kier alpha value is -3.88. The molecule has 4 rings (SSSR count). The zero-order valence-electron chi connectivity index (χ0n) is 26.4. The summed E-state index contributed by atoms with van der Waals surface area (Å²) in [6.07, 6.45) is 7.80. The van der Waals surface area contributed by atoms with Crippen molar-refractivity contribution in [2.24, 2.45) is 11.8 Å². The van der Waals surface area contributed by atoms with Gasteiger partial charge in [-0.3, -0.25) is 14.4 Å². The van der Waals surface area contributed by atoms with Crippen LogP contribution in [0.15, 0.2) is 103 Å². The predicted molar refractivity (Wildman–Crippen MR) is 184 cm³/mol. The van der Waals surface area contributed by atoms with Gasteiger partial charge in [-0.15, -0.1) is 0 Å². The number of aliphatic hydroxyl groups is 1. The van der Waals surface area contributed by atoms with E-state index in [-0.39, 0.29) is 43.3 Å². The maximum atomic E-state index is 13.7. The number of hydrogen-bond donors (Lipinski definition) is 3. The quantitative estimate of drug-likeness (QED) is 0.174. The van der Waals surface area contributed by atoms with Crippen LogP contribution < -0.4 is 10.6 Å². The summed E-state index contributed by atoms with van der Waals surface area (Å²) in [4.78, 5) is 40.2. The van der Waals surface area contributed by atoms with Crippen molar-refractivity contribution in [1.29, 1.82) is 0 Å². The van der Waals surface area contributed by atoms with Crippen molar-refractivity contribution in [3.8, 4) is 0 Å². The Morgan fingerprint density at radius 2 is 1.54 bits per heavy atom. The van der Waals surface area contributed by atoms with Crippen molar-refractivity contribution in [3.63, 3.8) is 0 Å². The molecule has 0 saturated heterocycles. The summed E-state index contributed by atoms with van der Waals surface area (Å²) < 4.78 is 5.88. The molecule has 46 heavy (non-hydrogen) atoms. The number of esters is 1. The number of cyclic esters (lactones) is 1. The van der Waals surface area contributed by atoms with Gasteiger partial charge in [0.15, 0.2) is 0 Å². The second-order valence-corrected chi connectivity index (χ2v) is 12.9. The number of carbonyl (C=O) groups excluding carboxylic acids is 3. The molecular weight excluding hydrogens is 596 g/mol. The second kappa shape index (κ2) is 19.6. The van der Waals surface area contributed by atoms with E-state index in [1.54, 1.807) is 11.8 Å². The van der Waals surface area contributed by atoms with Crippen molar-refractivity contribution in [1.82, 2.24) is 10.6 Å². The monoisotopic (exact) mass is 642 g/mol. The zero-order chi connectivity index (χ0) is 32.4. The molecule has 4 atom stereocenters. The molecule has 0 spiro atoms. The van der Waals surface area contributed by atoms with Gasteiger partial charge < -0.3 is 20.5 Å². The minimum atomic E-state index is -0.599. The molecule has 0 unspecified atom stereocenters. The molecule has 0 bridgehead atoms. The number of benzene rings is 3. The number of carbonyl (C=O) groups is 3. The second-order valence-electron chi connectivity index (χ2n) is 11.9. The fraction of sp³-hybridized carbons (Fsp3) is 0.395. The molecule has 3 aromatic carbocycles. The summed E-state index contributed by atoms with van der Waals surface area (Å²) >= 11 is 1.66. The van der Waals surface area contributed by atoms with Gasteiger partial charge in [0, 0.05) is 17.9 Å². The van der Waals surface area contributed by atoms with Crippen molar-refractivity contribution in [2.75, 3.05) is 19.0 Å². The van der Waals surface area contributed by atoms with Crippen molar-refractivity contribution in [2.45, 2.75) is 62.8 Å². The van der Waals surface area contributed by atoms with Gasteiger partial charge in [0.25, 0.3) is 0 Å². The van der Waals surface area contributed by atoms with Crippen LogP contribution in [0.5, 0.6) is 0 Å². The standard InChI is InChI=1S/C38H46N2O5S/c41-25-34(23-30-16-8-4-9-17-30)39-36(42)24-32-20-12-1-2-13-21-33(22-29-14-6-3-7-15-29)38(44)45-26-35(40-37(32)43)28-46-27-31-18-10-5-11-19-31/h1,3-12,14-19,32-35,41H,2,13,20-28H2,(H,39,42)(H,40,43)/t32-,33-,34-,35-/m1/s1. The molecule has 244 valence electrons. The largest absolute Gasteiger partial charge is 0.463 e. The first-order chi connectivity index (χ1) is 22.5. The Labute approximate surface area is 277 Å². The molecule has 3 aromatic rings. The third kappa shape index (κ3) is 12.5. The lowest BCUT2D eigenvalue weighted by Gasteiger charge is -2.24. The minimum absolute atomic E-state index is 0.00964. The van der Waals surface area contributed by atoms with Gasteiger partial charge in [0.05, 0.1) is 30.5 Å². The van der Waals surface area contributed by atoms with Gasteiger partial charge in [0.1, 0.15) is 6.61 Å². The van der Waals surface area contributed by atoms with Gasteiger partial charge in [-0.1, -0.05) is 103 Å². The third-order valence-corrected chi connectivity index (χ3v) is 9.26. The summed E-state index contributed by atoms with van der Waals surface area (Å²) in [5.41, 5.74) is 3.28. The highest BCUT2D eigenvalue weighted by atomic mass is 32.2. The third-order valence-electron chi connectivity index (χ3n) is 8.09. The number of hydrogen-bond acceptors (Lipinski definition) is 6. The van der Waals surface area contributed by atoms with Crippen LogP contribution in [0.25, 0.3) is 0 Å². The molecule has 8 heteroatoms. The van der Waals surface area contributed by atoms with E-state index in [1.807, 2.05) is 91.0 Å². The first-order valence-corrected chi connectivity index (χ1v) is 17.4. The van der Waals surface area contributed by atoms with Gasteiger partial charge in [-0.2, -0.15) is 11.8 Å². The highest BCUT2D eigenvalue weighted by Gasteiger charge is 2.27. The maximum Gasteiger partial charge on any atom is 0.309 e. The average molecular weight is 643 g/mol.